The standard InChI is InChI=1S/C30H38N2O2S/c1-3-25-11-10-14-28(23-25)29(24-31(2)35(33,34)30-15-8-5-9-16-30)19-22-32-20-17-27(18-21-32)26-12-6-4-7-13-26/h4-16,23,27,29H,3,17-22,24H2,1-2H3/t29-/m0/s1. The van der Waals surface area contributed by atoms with Crippen LogP contribution >= 0.6 is 0 Å². The Kier molecular flexibility index (Phi) is 8.77. The Bertz CT molecular complexity index is 1160. The van der Waals surface area contributed by atoms with Gasteiger partial charge in [-0.1, -0.05) is 79.7 Å². The number of likely N-dealkylation sites (tertiary alicyclic amines) is 1. The van der Waals surface area contributed by atoms with Crippen LogP contribution in [0.25, 0.3) is 0 Å². The van der Waals surface area contributed by atoms with Gasteiger partial charge in [0.25, 0.3) is 0 Å². The molecule has 4 nitrogen and oxygen atoms in total. The molecule has 0 saturated carbocycles. The van der Waals surface area contributed by atoms with Crippen molar-refractivity contribution in [3.63, 3.8) is 0 Å². The van der Waals surface area contributed by atoms with Gasteiger partial charge in [-0.25, -0.2) is 12.7 Å². The molecule has 186 valence electrons. The van der Waals surface area contributed by atoms with Crippen molar-refractivity contribution in [2.75, 3.05) is 33.2 Å². The fourth-order valence-corrected chi connectivity index (χ4v) is 6.40. The molecule has 4 rings (SSSR count). The second-order valence-corrected chi connectivity index (χ2v) is 11.8. The Morgan fingerprint density at radius 1 is 0.914 bits per heavy atom. The Balaban J connectivity index is 1.43. The van der Waals surface area contributed by atoms with E-state index < -0.39 is 10.0 Å². The lowest BCUT2D eigenvalue weighted by Crippen LogP contribution is -2.36. The maximum absolute atomic E-state index is 13.2. The molecule has 1 aliphatic heterocycles. The Hall–Kier alpha value is -2.47. The SMILES string of the molecule is CCc1cccc([C@@H](CCN2CCC(c3ccccc3)CC2)CN(C)S(=O)(=O)c2ccccc2)c1. The third-order valence-corrected chi connectivity index (χ3v) is 9.25. The van der Waals surface area contributed by atoms with E-state index in [1.165, 1.54) is 33.8 Å². The van der Waals surface area contributed by atoms with Crippen LogP contribution in [0.5, 0.6) is 0 Å². The molecule has 35 heavy (non-hydrogen) atoms. The highest BCUT2D eigenvalue weighted by atomic mass is 32.2. The lowest BCUT2D eigenvalue weighted by atomic mass is 9.89. The number of likely N-dealkylation sites (N-methyl/N-ethyl adjacent to an activating group) is 1. The highest BCUT2D eigenvalue weighted by Crippen LogP contribution is 2.30. The Morgan fingerprint density at radius 3 is 2.23 bits per heavy atom. The predicted molar refractivity (Wildman–Crippen MR) is 144 cm³/mol. The van der Waals surface area contributed by atoms with E-state index in [1.807, 2.05) is 6.07 Å². The Morgan fingerprint density at radius 2 is 1.57 bits per heavy atom. The summed E-state index contributed by atoms with van der Waals surface area (Å²) < 4.78 is 28.0. The van der Waals surface area contributed by atoms with Crippen LogP contribution in [0.3, 0.4) is 0 Å². The molecule has 0 amide bonds. The van der Waals surface area contributed by atoms with Crippen LogP contribution in [0, 0.1) is 0 Å². The number of rotatable bonds is 10. The summed E-state index contributed by atoms with van der Waals surface area (Å²) in [4.78, 5) is 2.91. The molecule has 0 spiro atoms. The van der Waals surface area contributed by atoms with E-state index in [9.17, 15) is 8.42 Å². The zero-order valence-electron chi connectivity index (χ0n) is 21.0. The molecule has 5 heteroatoms. The largest absolute Gasteiger partial charge is 0.303 e. The zero-order chi connectivity index (χ0) is 24.7. The third-order valence-electron chi connectivity index (χ3n) is 7.41. The summed E-state index contributed by atoms with van der Waals surface area (Å²) in [6, 6.07) is 28.3. The van der Waals surface area contributed by atoms with E-state index in [1.54, 1.807) is 31.3 Å². The average Bonchev–Trinajstić information content (AvgIpc) is 2.92. The van der Waals surface area contributed by atoms with Crippen molar-refractivity contribution in [3.8, 4) is 0 Å². The number of piperidine rings is 1. The lowest BCUT2D eigenvalue weighted by Gasteiger charge is -2.33. The minimum absolute atomic E-state index is 0.150. The summed E-state index contributed by atoms with van der Waals surface area (Å²) in [5.74, 6) is 0.795. The number of hydrogen-bond acceptors (Lipinski definition) is 3. The molecule has 3 aromatic rings. The summed E-state index contributed by atoms with van der Waals surface area (Å²) >= 11 is 0. The molecule has 0 aliphatic carbocycles. The van der Waals surface area contributed by atoms with Crippen LogP contribution in [0.2, 0.25) is 0 Å². The molecule has 1 heterocycles. The van der Waals surface area contributed by atoms with Gasteiger partial charge in [0.1, 0.15) is 0 Å². The monoisotopic (exact) mass is 490 g/mol. The smallest absolute Gasteiger partial charge is 0.242 e. The molecule has 3 aromatic carbocycles. The van der Waals surface area contributed by atoms with E-state index >= 15 is 0 Å². The molecule has 0 bridgehead atoms. The van der Waals surface area contributed by atoms with Crippen molar-refractivity contribution in [2.24, 2.45) is 0 Å². The first-order valence-electron chi connectivity index (χ1n) is 12.8. The molecule has 1 saturated heterocycles. The molecule has 1 atom stereocenters. The van der Waals surface area contributed by atoms with Gasteiger partial charge < -0.3 is 4.90 Å². The van der Waals surface area contributed by atoms with Gasteiger partial charge in [0.2, 0.25) is 10.0 Å². The van der Waals surface area contributed by atoms with E-state index in [0.29, 0.717) is 17.4 Å². The number of sulfonamides is 1. The van der Waals surface area contributed by atoms with Crippen molar-refractivity contribution in [2.45, 2.75) is 49.3 Å². The van der Waals surface area contributed by atoms with Crippen molar-refractivity contribution < 1.29 is 8.42 Å². The van der Waals surface area contributed by atoms with Gasteiger partial charge in [0, 0.05) is 13.6 Å². The van der Waals surface area contributed by atoms with Crippen molar-refractivity contribution in [3.05, 3.63) is 102 Å². The van der Waals surface area contributed by atoms with Crippen LogP contribution in [-0.2, 0) is 16.4 Å². The third kappa shape index (κ3) is 6.60. The van der Waals surface area contributed by atoms with Crippen LogP contribution in [-0.4, -0.2) is 50.8 Å². The van der Waals surface area contributed by atoms with Gasteiger partial charge in [0.05, 0.1) is 4.90 Å². The maximum Gasteiger partial charge on any atom is 0.242 e. The predicted octanol–water partition coefficient (Wildman–Crippen LogP) is 5.92. The summed E-state index contributed by atoms with van der Waals surface area (Å²) in [5.41, 5.74) is 3.98. The van der Waals surface area contributed by atoms with Gasteiger partial charge in [-0.2, -0.15) is 0 Å². The highest BCUT2D eigenvalue weighted by Gasteiger charge is 2.26. The molecule has 0 aromatic heterocycles. The van der Waals surface area contributed by atoms with Gasteiger partial charge in [-0.3, -0.25) is 0 Å². The first-order valence-corrected chi connectivity index (χ1v) is 14.3. The quantitative estimate of drug-likeness (QED) is 0.354. The van der Waals surface area contributed by atoms with Gasteiger partial charge in [-0.15, -0.1) is 0 Å². The normalized spacial score (nSPS) is 16.4. The summed E-state index contributed by atoms with van der Waals surface area (Å²) in [6.07, 6.45) is 4.29. The zero-order valence-corrected chi connectivity index (χ0v) is 21.8. The van der Waals surface area contributed by atoms with Crippen LogP contribution in [0.4, 0.5) is 0 Å². The number of nitrogens with zero attached hydrogens (tertiary/aromatic N) is 2. The molecule has 1 fully saturated rings. The number of hydrogen-bond donors (Lipinski definition) is 0. The average molecular weight is 491 g/mol. The summed E-state index contributed by atoms with van der Waals surface area (Å²) in [6.45, 7) is 5.82. The summed E-state index contributed by atoms with van der Waals surface area (Å²) in [7, 11) is -1.81. The minimum Gasteiger partial charge on any atom is -0.303 e. The van der Waals surface area contributed by atoms with E-state index in [-0.39, 0.29) is 5.92 Å². The first kappa shape index (κ1) is 25.6. The van der Waals surface area contributed by atoms with Crippen molar-refractivity contribution >= 4 is 10.0 Å². The first-order chi connectivity index (χ1) is 17.0. The second-order valence-electron chi connectivity index (χ2n) is 9.71. The number of benzene rings is 3. The molecule has 0 N–H and O–H groups in total. The van der Waals surface area contributed by atoms with E-state index in [0.717, 1.165) is 32.5 Å². The van der Waals surface area contributed by atoms with Crippen LogP contribution in [0.15, 0.2) is 89.8 Å². The minimum atomic E-state index is -3.52. The summed E-state index contributed by atoms with van der Waals surface area (Å²) in [5, 5.41) is 0. The fraction of sp³-hybridized carbons (Fsp3) is 0.400. The van der Waals surface area contributed by atoms with Gasteiger partial charge in [-0.05, 0) is 86.0 Å². The molecule has 1 aliphatic rings. The van der Waals surface area contributed by atoms with Gasteiger partial charge in [0.15, 0.2) is 0 Å². The number of aryl methyl sites for hydroxylation is 1. The van der Waals surface area contributed by atoms with Crippen molar-refractivity contribution in [1.29, 1.82) is 0 Å². The Labute approximate surface area is 211 Å². The van der Waals surface area contributed by atoms with E-state index in [4.69, 9.17) is 0 Å². The fourth-order valence-electron chi connectivity index (χ4n) is 5.16. The van der Waals surface area contributed by atoms with Gasteiger partial charge >= 0.3 is 0 Å². The second kappa shape index (κ2) is 12.0. The lowest BCUT2D eigenvalue weighted by molar-refractivity contribution is 0.203. The molecule has 0 unspecified atom stereocenters. The maximum atomic E-state index is 13.2. The molecular weight excluding hydrogens is 452 g/mol. The topological polar surface area (TPSA) is 40.6 Å². The highest BCUT2D eigenvalue weighted by molar-refractivity contribution is 7.89. The van der Waals surface area contributed by atoms with Crippen LogP contribution in [0.1, 0.15) is 54.7 Å². The molecular formula is C30H38N2O2S. The van der Waals surface area contributed by atoms with E-state index in [2.05, 4.69) is 66.4 Å². The van der Waals surface area contributed by atoms with Crippen molar-refractivity contribution in [1.82, 2.24) is 9.21 Å². The van der Waals surface area contributed by atoms with Crippen LogP contribution < -0.4 is 0 Å². The molecule has 0 radical (unpaired) electrons.